The van der Waals surface area contributed by atoms with E-state index in [1.165, 1.54) is 38.1 Å². The zero-order valence-corrected chi connectivity index (χ0v) is 18.5. The maximum Gasteiger partial charge on any atom is 0.136 e. The molecule has 0 saturated heterocycles. The van der Waals surface area contributed by atoms with Gasteiger partial charge in [0.15, 0.2) is 0 Å². The van der Waals surface area contributed by atoms with Crippen LogP contribution in [0.15, 0.2) is 126 Å². The fourth-order valence-corrected chi connectivity index (χ4v) is 4.99. The monoisotopic (exact) mass is 435 g/mol. The molecule has 1 N–H and O–H groups in total. The number of hydrogen-bond donors (Lipinski definition) is 1. The first-order chi connectivity index (χ1) is 16.8. The molecule has 160 valence electrons. The summed E-state index contributed by atoms with van der Waals surface area (Å²) < 4.78 is 6.07. The molecule has 0 aliphatic rings. The van der Waals surface area contributed by atoms with Crippen molar-refractivity contribution in [3.8, 4) is 11.1 Å². The standard InChI is InChI=1S/C32H21NO/c1-2-7-26-21(6-1)12-13-23-16-19-25(20-29(23)26)33-24-17-14-22(15-18-24)27-9-5-11-31-32(27)28-8-3-4-10-30(28)34-31/h1-20,33H. The summed E-state index contributed by atoms with van der Waals surface area (Å²) in [5.74, 6) is 0. The number of benzene rings is 6. The van der Waals surface area contributed by atoms with Gasteiger partial charge in [-0.1, -0.05) is 84.9 Å². The lowest BCUT2D eigenvalue weighted by atomic mass is 9.99. The number of anilines is 2. The molecule has 0 spiro atoms. The fourth-order valence-electron chi connectivity index (χ4n) is 4.99. The van der Waals surface area contributed by atoms with Gasteiger partial charge in [0, 0.05) is 22.1 Å². The minimum atomic E-state index is 0.921. The molecule has 1 aromatic heterocycles. The van der Waals surface area contributed by atoms with Crippen molar-refractivity contribution in [2.45, 2.75) is 0 Å². The molecule has 2 nitrogen and oxygen atoms in total. The second-order valence-electron chi connectivity index (χ2n) is 8.70. The number of fused-ring (bicyclic) bond motifs is 6. The van der Waals surface area contributed by atoms with Gasteiger partial charge in [0.1, 0.15) is 11.2 Å². The Morgan fingerprint density at radius 2 is 1.15 bits per heavy atom. The van der Waals surface area contributed by atoms with Crippen LogP contribution in [-0.4, -0.2) is 0 Å². The van der Waals surface area contributed by atoms with Crippen molar-refractivity contribution in [2.75, 3.05) is 5.32 Å². The van der Waals surface area contributed by atoms with Crippen LogP contribution < -0.4 is 5.32 Å². The smallest absolute Gasteiger partial charge is 0.136 e. The van der Waals surface area contributed by atoms with Gasteiger partial charge in [-0.3, -0.25) is 0 Å². The lowest BCUT2D eigenvalue weighted by molar-refractivity contribution is 0.669. The quantitative estimate of drug-likeness (QED) is 0.280. The molecule has 0 aliphatic heterocycles. The number of para-hydroxylation sites is 1. The Morgan fingerprint density at radius 1 is 0.471 bits per heavy atom. The van der Waals surface area contributed by atoms with Crippen LogP contribution in [0.3, 0.4) is 0 Å². The first-order valence-electron chi connectivity index (χ1n) is 11.5. The van der Waals surface area contributed by atoms with E-state index in [-0.39, 0.29) is 0 Å². The lowest BCUT2D eigenvalue weighted by Gasteiger charge is -2.11. The molecule has 0 atom stereocenters. The van der Waals surface area contributed by atoms with E-state index in [1.54, 1.807) is 0 Å². The minimum Gasteiger partial charge on any atom is -0.456 e. The van der Waals surface area contributed by atoms with Crippen molar-refractivity contribution in [3.05, 3.63) is 121 Å². The molecule has 7 aromatic rings. The number of nitrogens with one attached hydrogen (secondary N) is 1. The highest BCUT2D eigenvalue weighted by Crippen LogP contribution is 2.37. The van der Waals surface area contributed by atoms with Crippen LogP contribution in [0.4, 0.5) is 11.4 Å². The molecule has 6 aromatic carbocycles. The lowest BCUT2D eigenvalue weighted by Crippen LogP contribution is -1.90. The SMILES string of the molecule is c1ccc2c(c1)ccc1ccc(Nc3ccc(-c4cccc5oc6ccccc6c45)cc3)cc12. The third-order valence-corrected chi connectivity index (χ3v) is 6.63. The van der Waals surface area contributed by atoms with Crippen LogP contribution in [0.2, 0.25) is 0 Å². The van der Waals surface area contributed by atoms with Gasteiger partial charge in [-0.2, -0.15) is 0 Å². The molecule has 0 bridgehead atoms. The van der Waals surface area contributed by atoms with Gasteiger partial charge >= 0.3 is 0 Å². The summed E-state index contributed by atoms with van der Waals surface area (Å²) >= 11 is 0. The molecule has 1 heterocycles. The Balaban J connectivity index is 1.26. The molecule has 0 fully saturated rings. The van der Waals surface area contributed by atoms with E-state index < -0.39 is 0 Å². The van der Waals surface area contributed by atoms with Crippen molar-refractivity contribution in [2.24, 2.45) is 0 Å². The predicted octanol–water partition coefficient (Wildman–Crippen LogP) is 9.30. The van der Waals surface area contributed by atoms with E-state index in [2.05, 4.69) is 108 Å². The topological polar surface area (TPSA) is 25.2 Å². The molecule has 2 heteroatoms. The van der Waals surface area contributed by atoms with E-state index in [9.17, 15) is 0 Å². The zero-order chi connectivity index (χ0) is 22.5. The largest absolute Gasteiger partial charge is 0.456 e. The summed E-state index contributed by atoms with van der Waals surface area (Å²) in [4.78, 5) is 0. The third kappa shape index (κ3) is 3.04. The van der Waals surface area contributed by atoms with E-state index in [0.29, 0.717) is 0 Å². The van der Waals surface area contributed by atoms with Crippen LogP contribution in [-0.2, 0) is 0 Å². The molecule has 0 saturated carbocycles. The van der Waals surface area contributed by atoms with Crippen molar-refractivity contribution in [1.29, 1.82) is 0 Å². The van der Waals surface area contributed by atoms with Crippen molar-refractivity contribution in [1.82, 2.24) is 0 Å². The molecule has 0 amide bonds. The summed E-state index contributed by atoms with van der Waals surface area (Å²) in [6.07, 6.45) is 0. The van der Waals surface area contributed by atoms with Gasteiger partial charge in [-0.05, 0) is 69.1 Å². The summed E-state index contributed by atoms with van der Waals surface area (Å²) in [7, 11) is 0. The van der Waals surface area contributed by atoms with Gasteiger partial charge in [0.25, 0.3) is 0 Å². The first-order valence-corrected chi connectivity index (χ1v) is 11.5. The summed E-state index contributed by atoms with van der Waals surface area (Å²) in [6, 6.07) is 42.6. The van der Waals surface area contributed by atoms with Crippen LogP contribution in [0, 0.1) is 0 Å². The molecule has 0 radical (unpaired) electrons. The van der Waals surface area contributed by atoms with Crippen LogP contribution >= 0.6 is 0 Å². The average molecular weight is 436 g/mol. The second kappa shape index (κ2) is 7.50. The van der Waals surface area contributed by atoms with Gasteiger partial charge < -0.3 is 9.73 Å². The maximum atomic E-state index is 6.07. The number of rotatable bonds is 3. The Bertz CT molecular complexity index is 1830. The Labute approximate surface area is 197 Å². The van der Waals surface area contributed by atoms with E-state index in [0.717, 1.165) is 27.9 Å². The summed E-state index contributed by atoms with van der Waals surface area (Å²) in [5.41, 5.74) is 6.35. The van der Waals surface area contributed by atoms with Gasteiger partial charge in [0.2, 0.25) is 0 Å². The summed E-state index contributed by atoms with van der Waals surface area (Å²) in [6.45, 7) is 0. The Kier molecular flexibility index (Phi) is 4.18. The highest BCUT2D eigenvalue weighted by molar-refractivity contribution is 6.12. The highest BCUT2D eigenvalue weighted by Gasteiger charge is 2.12. The van der Waals surface area contributed by atoms with Crippen LogP contribution in [0.5, 0.6) is 0 Å². The number of hydrogen-bond acceptors (Lipinski definition) is 2. The van der Waals surface area contributed by atoms with E-state index in [4.69, 9.17) is 4.42 Å². The Hall–Kier alpha value is -4.56. The van der Waals surface area contributed by atoms with E-state index in [1.807, 2.05) is 18.2 Å². The zero-order valence-electron chi connectivity index (χ0n) is 18.5. The third-order valence-electron chi connectivity index (χ3n) is 6.63. The van der Waals surface area contributed by atoms with Gasteiger partial charge in [-0.15, -0.1) is 0 Å². The van der Waals surface area contributed by atoms with Crippen LogP contribution in [0.1, 0.15) is 0 Å². The first kappa shape index (κ1) is 19.0. The molecule has 0 unspecified atom stereocenters. The van der Waals surface area contributed by atoms with Crippen molar-refractivity contribution in [3.63, 3.8) is 0 Å². The van der Waals surface area contributed by atoms with Crippen LogP contribution in [0.25, 0.3) is 54.6 Å². The number of furan rings is 1. The normalized spacial score (nSPS) is 11.5. The van der Waals surface area contributed by atoms with Crippen molar-refractivity contribution >= 4 is 54.9 Å². The van der Waals surface area contributed by atoms with E-state index >= 15 is 0 Å². The van der Waals surface area contributed by atoms with Gasteiger partial charge in [-0.25, -0.2) is 0 Å². The highest BCUT2D eigenvalue weighted by atomic mass is 16.3. The molecule has 7 rings (SSSR count). The van der Waals surface area contributed by atoms with Gasteiger partial charge in [0.05, 0.1) is 0 Å². The summed E-state index contributed by atoms with van der Waals surface area (Å²) in [5, 5.41) is 11.0. The Morgan fingerprint density at radius 3 is 2.03 bits per heavy atom. The molecule has 34 heavy (non-hydrogen) atoms. The minimum absolute atomic E-state index is 0.921. The second-order valence-corrected chi connectivity index (χ2v) is 8.70. The molecular formula is C32H21NO. The van der Waals surface area contributed by atoms with Crippen molar-refractivity contribution < 1.29 is 4.42 Å². The molecule has 0 aliphatic carbocycles. The fraction of sp³-hybridized carbons (Fsp3) is 0. The average Bonchev–Trinajstić information content (AvgIpc) is 3.28. The molecular weight excluding hydrogens is 414 g/mol. The predicted molar refractivity (Wildman–Crippen MR) is 144 cm³/mol. The maximum absolute atomic E-state index is 6.07.